The third-order valence-corrected chi connectivity index (χ3v) is 2.01. The molecular formula is C8H11ClN2O3. The van der Waals surface area contributed by atoms with Crippen LogP contribution in [0.3, 0.4) is 0 Å². The van der Waals surface area contributed by atoms with E-state index in [9.17, 15) is 5.11 Å². The number of nitrogens with two attached hydrogens (primary N) is 1. The Morgan fingerprint density at radius 1 is 1.50 bits per heavy atom. The van der Waals surface area contributed by atoms with E-state index in [0.717, 1.165) is 0 Å². The summed E-state index contributed by atoms with van der Waals surface area (Å²) in [5, 5.41) is 27.5. The standard InChI is InChI=1S/C8H11ClN2O3/c9-7-1-5(10)4(2-11-7)8(14)6(13)3-12/h1-2,6,8,12-14H,3H2,(H2,10,11). The van der Waals surface area contributed by atoms with Crippen molar-refractivity contribution in [3.8, 4) is 0 Å². The first-order valence-corrected chi connectivity index (χ1v) is 4.32. The van der Waals surface area contributed by atoms with Gasteiger partial charge in [-0.15, -0.1) is 0 Å². The number of anilines is 1. The van der Waals surface area contributed by atoms with Gasteiger partial charge in [0.1, 0.15) is 17.4 Å². The summed E-state index contributed by atoms with van der Waals surface area (Å²) >= 11 is 5.55. The molecule has 2 atom stereocenters. The molecule has 1 heterocycles. The second-order valence-corrected chi connectivity index (χ2v) is 3.22. The lowest BCUT2D eigenvalue weighted by Gasteiger charge is -2.17. The zero-order chi connectivity index (χ0) is 10.7. The molecule has 14 heavy (non-hydrogen) atoms. The minimum Gasteiger partial charge on any atom is -0.398 e. The summed E-state index contributed by atoms with van der Waals surface area (Å²) in [4.78, 5) is 3.71. The van der Waals surface area contributed by atoms with Crippen molar-refractivity contribution in [1.29, 1.82) is 0 Å². The van der Waals surface area contributed by atoms with E-state index in [4.69, 9.17) is 27.5 Å². The Balaban J connectivity index is 2.95. The van der Waals surface area contributed by atoms with Crippen LogP contribution in [-0.2, 0) is 0 Å². The van der Waals surface area contributed by atoms with Crippen molar-refractivity contribution in [2.75, 3.05) is 12.3 Å². The number of aliphatic hydroxyl groups is 3. The first-order valence-electron chi connectivity index (χ1n) is 3.94. The second-order valence-electron chi connectivity index (χ2n) is 2.83. The van der Waals surface area contributed by atoms with Crippen LogP contribution in [0, 0.1) is 0 Å². The summed E-state index contributed by atoms with van der Waals surface area (Å²) in [7, 11) is 0. The number of nitrogen functional groups attached to an aromatic ring is 1. The van der Waals surface area contributed by atoms with Crippen LogP contribution < -0.4 is 5.73 Å². The minimum absolute atomic E-state index is 0.205. The van der Waals surface area contributed by atoms with E-state index in [1.54, 1.807) is 0 Å². The van der Waals surface area contributed by atoms with Gasteiger partial charge < -0.3 is 21.1 Å². The topological polar surface area (TPSA) is 99.6 Å². The van der Waals surface area contributed by atoms with Crippen LogP contribution >= 0.6 is 11.6 Å². The van der Waals surface area contributed by atoms with E-state index < -0.39 is 18.8 Å². The highest BCUT2D eigenvalue weighted by Gasteiger charge is 2.20. The van der Waals surface area contributed by atoms with Gasteiger partial charge in [-0.05, 0) is 6.07 Å². The molecule has 0 bridgehead atoms. The molecule has 5 N–H and O–H groups in total. The normalized spacial score (nSPS) is 15.1. The van der Waals surface area contributed by atoms with Crippen molar-refractivity contribution in [1.82, 2.24) is 4.98 Å². The third kappa shape index (κ3) is 2.33. The molecule has 1 rings (SSSR count). The Hall–Kier alpha value is -0.880. The molecule has 0 amide bonds. The Morgan fingerprint density at radius 2 is 2.14 bits per heavy atom. The number of hydrogen-bond acceptors (Lipinski definition) is 5. The van der Waals surface area contributed by atoms with Gasteiger partial charge in [0.25, 0.3) is 0 Å². The average Bonchev–Trinajstić information content (AvgIpc) is 2.15. The number of aliphatic hydroxyl groups excluding tert-OH is 3. The maximum absolute atomic E-state index is 9.49. The van der Waals surface area contributed by atoms with Gasteiger partial charge in [0.2, 0.25) is 0 Å². The largest absolute Gasteiger partial charge is 0.398 e. The molecule has 0 saturated carbocycles. The molecule has 1 aromatic heterocycles. The molecule has 6 heteroatoms. The molecule has 78 valence electrons. The molecule has 0 aromatic carbocycles. The maximum Gasteiger partial charge on any atom is 0.131 e. The lowest BCUT2D eigenvalue weighted by Crippen LogP contribution is -2.23. The van der Waals surface area contributed by atoms with Crippen LogP contribution in [0.15, 0.2) is 12.3 Å². The van der Waals surface area contributed by atoms with Gasteiger partial charge in [0.15, 0.2) is 0 Å². The van der Waals surface area contributed by atoms with Crippen LogP contribution in [-0.4, -0.2) is 33.0 Å². The number of halogens is 1. The lowest BCUT2D eigenvalue weighted by molar-refractivity contribution is -0.0150. The van der Waals surface area contributed by atoms with Crippen molar-refractivity contribution in [3.63, 3.8) is 0 Å². The number of nitrogens with zero attached hydrogens (tertiary/aromatic N) is 1. The monoisotopic (exact) mass is 218 g/mol. The molecule has 0 aliphatic rings. The number of rotatable bonds is 3. The van der Waals surface area contributed by atoms with Crippen molar-refractivity contribution < 1.29 is 15.3 Å². The van der Waals surface area contributed by atoms with E-state index in [2.05, 4.69) is 4.98 Å². The first kappa shape index (κ1) is 11.2. The molecule has 2 unspecified atom stereocenters. The fourth-order valence-electron chi connectivity index (χ4n) is 1.01. The van der Waals surface area contributed by atoms with Gasteiger partial charge in [0, 0.05) is 17.4 Å². The Kier molecular flexibility index (Phi) is 3.65. The van der Waals surface area contributed by atoms with Gasteiger partial charge in [-0.2, -0.15) is 0 Å². The van der Waals surface area contributed by atoms with Gasteiger partial charge in [0.05, 0.1) is 6.61 Å². The van der Waals surface area contributed by atoms with Crippen molar-refractivity contribution >= 4 is 17.3 Å². The summed E-state index contributed by atoms with van der Waals surface area (Å²) in [6, 6.07) is 1.37. The highest BCUT2D eigenvalue weighted by molar-refractivity contribution is 6.29. The van der Waals surface area contributed by atoms with E-state index in [1.165, 1.54) is 12.3 Å². The fraction of sp³-hybridized carbons (Fsp3) is 0.375. The molecule has 0 aliphatic heterocycles. The zero-order valence-electron chi connectivity index (χ0n) is 7.26. The zero-order valence-corrected chi connectivity index (χ0v) is 8.02. The Labute approximate surface area is 85.8 Å². The van der Waals surface area contributed by atoms with Crippen LogP contribution in [0.5, 0.6) is 0 Å². The maximum atomic E-state index is 9.49. The second kappa shape index (κ2) is 4.56. The molecule has 0 spiro atoms. The highest BCUT2D eigenvalue weighted by atomic mass is 35.5. The first-order chi connectivity index (χ1) is 6.56. The van der Waals surface area contributed by atoms with E-state index in [1.807, 2.05) is 0 Å². The van der Waals surface area contributed by atoms with Crippen LogP contribution in [0.4, 0.5) is 5.69 Å². The van der Waals surface area contributed by atoms with E-state index >= 15 is 0 Å². The minimum atomic E-state index is -1.28. The summed E-state index contributed by atoms with van der Waals surface area (Å²) < 4.78 is 0. The molecule has 5 nitrogen and oxygen atoms in total. The highest BCUT2D eigenvalue weighted by Crippen LogP contribution is 2.24. The quantitative estimate of drug-likeness (QED) is 0.523. The summed E-state index contributed by atoms with van der Waals surface area (Å²) in [6.07, 6.45) is -1.27. The summed E-state index contributed by atoms with van der Waals surface area (Å²) in [5.41, 5.74) is 6.01. The average molecular weight is 219 g/mol. The van der Waals surface area contributed by atoms with Gasteiger partial charge in [-0.1, -0.05) is 11.6 Å². The van der Waals surface area contributed by atoms with Crippen LogP contribution in [0.25, 0.3) is 0 Å². The Morgan fingerprint density at radius 3 is 2.64 bits per heavy atom. The van der Waals surface area contributed by atoms with Crippen molar-refractivity contribution in [2.24, 2.45) is 0 Å². The van der Waals surface area contributed by atoms with Gasteiger partial charge in [-0.3, -0.25) is 0 Å². The number of aromatic nitrogens is 1. The van der Waals surface area contributed by atoms with Crippen molar-refractivity contribution in [3.05, 3.63) is 23.0 Å². The summed E-state index contributed by atoms with van der Waals surface area (Å²) in [6.45, 7) is -0.552. The number of hydrogen-bond donors (Lipinski definition) is 4. The van der Waals surface area contributed by atoms with E-state index in [0.29, 0.717) is 0 Å². The van der Waals surface area contributed by atoms with Crippen LogP contribution in [0.2, 0.25) is 5.15 Å². The molecule has 1 aromatic rings. The van der Waals surface area contributed by atoms with Crippen molar-refractivity contribution in [2.45, 2.75) is 12.2 Å². The fourth-order valence-corrected chi connectivity index (χ4v) is 1.18. The number of pyridine rings is 1. The molecule has 0 saturated heterocycles. The lowest BCUT2D eigenvalue weighted by atomic mass is 10.1. The predicted octanol–water partition coefficient (Wildman–Crippen LogP) is -0.296. The molecular weight excluding hydrogens is 208 g/mol. The van der Waals surface area contributed by atoms with Crippen LogP contribution in [0.1, 0.15) is 11.7 Å². The molecule has 0 aliphatic carbocycles. The summed E-state index contributed by atoms with van der Waals surface area (Å²) in [5.74, 6) is 0. The van der Waals surface area contributed by atoms with Gasteiger partial charge in [-0.25, -0.2) is 4.98 Å². The SMILES string of the molecule is Nc1cc(Cl)ncc1C(O)C(O)CO. The predicted molar refractivity (Wildman–Crippen MR) is 51.7 cm³/mol. The molecule has 0 radical (unpaired) electrons. The van der Waals surface area contributed by atoms with E-state index in [-0.39, 0.29) is 16.4 Å². The van der Waals surface area contributed by atoms with Gasteiger partial charge >= 0.3 is 0 Å². The molecule has 0 fully saturated rings. The Bertz CT molecular complexity index is 321. The smallest absolute Gasteiger partial charge is 0.131 e. The third-order valence-electron chi connectivity index (χ3n) is 1.81.